The molecule has 5 nitrogen and oxygen atoms in total. The number of nitrogens with zero attached hydrogens (tertiary/aromatic N) is 3. The lowest BCUT2D eigenvalue weighted by Gasteiger charge is -2.10. The molecule has 28 heavy (non-hydrogen) atoms. The van der Waals surface area contributed by atoms with Crippen LogP contribution < -0.4 is 5.32 Å². The number of halogens is 1. The van der Waals surface area contributed by atoms with Crippen molar-refractivity contribution >= 4 is 40.2 Å². The van der Waals surface area contributed by atoms with Gasteiger partial charge >= 0.3 is 0 Å². The van der Waals surface area contributed by atoms with Gasteiger partial charge in [-0.15, -0.1) is 22.7 Å². The van der Waals surface area contributed by atoms with E-state index in [1.54, 1.807) is 6.20 Å². The Hall–Kier alpha value is -2.48. The number of hydrogen-bond acceptors (Lipinski definition) is 5. The number of aromatic nitrogens is 3. The molecule has 0 bridgehead atoms. The van der Waals surface area contributed by atoms with Crippen LogP contribution in [0.15, 0.2) is 54.9 Å². The van der Waals surface area contributed by atoms with Crippen molar-refractivity contribution in [2.45, 2.75) is 20.0 Å². The minimum Gasteiger partial charge on any atom is -0.347 e. The Morgan fingerprint density at radius 3 is 2.68 bits per heavy atom. The summed E-state index contributed by atoms with van der Waals surface area (Å²) in [7, 11) is 0. The Kier molecular flexibility index (Phi) is 5.57. The van der Waals surface area contributed by atoms with Crippen molar-refractivity contribution in [3.8, 4) is 9.88 Å². The lowest BCUT2D eigenvalue weighted by molar-refractivity contribution is 0.0954. The van der Waals surface area contributed by atoms with Crippen LogP contribution in [-0.4, -0.2) is 20.7 Å². The van der Waals surface area contributed by atoms with Crippen LogP contribution in [0.1, 0.15) is 26.5 Å². The molecule has 3 heterocycles. The van der Waals surface area contributed by atoms with Gasteiger partial charge in [-0.25, -0.2) is 4.98 Å². The summed E-state index contributed by atoms with van der Waals surface area (Å²) in [5, 5.41) is 8.10. The van der Waals surface area contributed by atoms with Crippen LogP contribution in [0.5, 0.6) is 0 Å². The monoisotopic (exact) mass is 428 g/mol. The van der Waals surface area contributed by atoms with Gasteiger partial charge in [0.25, 0.3) is 5.91 Å². The van der Waals surface area contributed by atoms with E-state index in [0.29, 0.717) is 22.3 Å². The van der Waals surface area contributed by atoms with Crippen molar-refractivity contribution in [3.63, 3.8) is 0 Å². The molecule has 4 aromatic rings. The van der Waals surface area contributed by atoms with E-state index in [4.69, 9.17) is 11.6 Å². The summed E-state index contributed by atoms with van der Waals surface area (Å²) in [6, 6.07) is 13.7. The highest BCUT2D eigenvalue weighted by Crippen LogP contribution is 2.34. The predicted octanol–water partition coefficient (Wildman–Crippen LogP) is 5.01. The number of carbonyl (C=O) groups is 1. The van der Waals surface area contributed by atoms with E-state index in [0.717, 1.165) is 26.7 Å². The standard InChI is InChI=1S/C20H17ClN4OS2/c1-13-18(28-20(24-13)16-7-8-17(21)27-16)19(26)22-11-14-5-2-3-6-15(14)12-25-10-4-9-23-25/h2-10H,11-12H2,1H3,(H,22,26). The fraction of sp³-hybridized carbons (Fsp3) is 0.150. The third-order valence-corrected chi connectivity index (χ3v) is 6.79. The molecule has 4 rings (SSSR count). The van der Waals surface area contributed by atoms with Crippen LogP contribution in [0.25, 0.3) is 9.88 Å². The van der Waals surface area contributed by atoms with Crippen LogP contribution in [0, 0.1) is 6.92 Å². The number of rotatable bonds is 6. The van der Waals surface area contributed by atoms with Crippen molar-refractivity contribution in [2.24, 2.45) is 0 Å². The lowest BCUT2D eigenvalue weighted by atomic mass is 10.1. The summed E-state index contributed by atoms with van der Waals surface area (Å²) in [4.78, 5) is 18.9. The van der Waals surface area contributed by atoms with Crippen molar-refractivity contribution in [1.82, 2.24) is 20.1 Å². The van der Waals surface area contributed by atoms with Crippen LogP contribution in [0.4, 0.5) is 0 Å². The van der Waals surface area contributed by atoms with E-state index in [2.05, 4.69) is 21.5 Å². The maximum Gasteiger partial charge on any atom is 0.263 e. The highest BCUT2D eigenvalue weighted by molar-refractivity contribution is 7.24. The summed E-state index contributed by atoms with van der Waals surface area (Å²) >= 11 is 8.87. The molecule has 0 aliphatic heterocycles. The molecule has 1 aromatic carbocycles. The first-order valence-electron chi connectivity index (χ1n) is 8.65. The second kappa shape index (κ2) is 8.26. The van der Waals surface area contributed by atoms with Gasteiger partial charge in [-0.1, -0.05) is 35.9 Å². The van der Waals surface area contributed by atoms with E-state index < -0.39 is 0 Å². The molecule has 0 radical (unpaired) electrons. The Balaban J connectivity index is 1.47. The van der Waals surface area contributed by atoms with Crippen molar-refractivity contribution < 1.29 is 4.79 Å². The zero-order chi connectivity index (χ0) is 19.5. The summed E-state index contributed by atoms with van der Waals surface area (Å²) in [6.07, 6.45) is 3.68. The average Bonchev–Trinajstić information content (AvgIpc) is 3.42. The molecule has 0 aliphatic rings. The summed E-state index contributed by atoms with van der Waals surface area (Å²) in [5.74, 6) is -0.113. The number of thiazole rings is 1. The third-order valence-electron chi connectivity index (χ3n) is 4.24. The molecule has 0 aliphatic carbocycles. The summed E-state index contributed by atoms with van der Waals surface area (Å²) in [6.45, 7) is 2.98. The van der Waals surface area contributed by atoms with Crippen molar-refractivity contribution in [1.29, 1.82) is 0 Å². The molecule has 1 N–H and O–H groups in total. The van der Waals surface area contributed by atoms with Crippen LogP contribution >= 0.6 is 34.3 Å². The number of benzene rings is 1. The molecular weight excluding hydrogens is 412 g/mol. The molecule has 8 heteroatoms. The molecule has 3 aromatic heterocycles. The van der Waals surface area contributed by atoms with Gasteiger partial charge in [-0.2, -0.15) is 5.10 Å². The predicted molar refractivity (Wildman–Crippen MR) is 114 cm³/mol. The van der Waals surface area contributed by atoms with Gasteiger partial charge in [-0.3, -0.25) is 9.48 Å². The highest BCUT2D eigenvalue weighted by atomic mass is 35.5. The van der Waals surface area contributed by atoms with E-state index in [-0.39, 0.29) is 5.91 Å². The van der Waals surface area contributed by atoms with E-state index in [1.165, 1.54) is 22.7 Å². The normalized spacial score (nSPS) is 10.9. The summed E-state index contributed by atoms with van der Waals surface area (Å²) in [5.41, 5.74) is 2.92. The molecule has 0 spiro atoms. The van der Waals surface area contributed by atoms with Crippen LogP contribution in [0.2, 0.25) is 4.34 Å². The fourth-order valence-corrected chi connectivity index (χ4v) is 4.93. The third kappa shape index (κ3) is 4.16. The molecule has 0 saturated carbocycles. The molecule has 0 atom stereocenters. The maximum absolute atomic E-state index is 12.7. The molecule has 0 fully saturated rings. The first kappa shape index (κ1) is 18.9. The zero-order valence-electron chi connectivity index (χ0n) is 15.1. The minimum atomic E-state index is -0.113. The van der Waals surface area contributed by atoms with Gasteiger partial charge in [0.1, 0.15) is 9.88 Å². The first-order chi connectivity index (χ1) is 13.6. The quantitative estimate of drug-likeness (QED) is 0.469. The second-order valence-electron chi connectivity index (χ2n) is 6.19. The van der Waals surface area contributed by atoms with Gasteiger partial charge < -0.3 is 5.32 Å². The van der Waals surface area contributed by atoms with Gasteiger partial charge in [0.15, 0.2) is 0 Å². The van der Waals surface area contributed by atoms with Gasteiger partial charge in [0, 0.05) is 18.9 Å². The fourth-order valence-electron chi connectivity index (χ4n) is 2.85. The number of aryl methyl sites for hydroxylation is 1. The smallest absolute Gasteiger partial charge is 0.263 e. The number of hydrogen-bond donors (Lipinski definition) is 1. The van der Waals surface area contributed by atoms with Crippen LogP contribution in [-0.2, 0) is 13.1 Å². The number of amides is 1. The Bertz CT molecular complexity index is 1100. The number of carbonyl (C=O) groups excluding carboxylic acids is 1. The maximum atomic E-state index is 12.7. The van der Waals surface area contributed by atoms with Gasteiger partial charge in [0.2, 0.25) is 0 Å². The second-order valence-corrected chi connectivity index (χ2v) is 8.91. The van der Waals surface area contributed by atoms with E-state index in [1.807, 2.05) is 54.2 Å². The van der Waals surface area contributed by atoms with Crippen molar-refractivity contribution in [3.05, 3.63) is 80.9 Å². The molecular formula is C20H17ClN4OS2. The SMILES string of the molecule is Cc1nc(-c2ccc(Cl)s2)sc1C(=O)NCc1ccccc1Cn1cccn1. The average molecular weight is 429 g/mol. The van der Waals surface area contributed by atoms with Gasteiger partial charge in [-0.05, 0) is 36.2 Å². The minimum absolute atomic E-state index is 0.113. The van der Waals surface area contributed by atoms with Gasteiger partial charge in [0.05, 0.1) is 21.5 Å². The number of nitrogens with one attached hydrogen (secondary N) is 1. The highest BCUT2D eigenvalue weighted by Gasteiger charge is 2.17. The lowest BCUT2D eigenvalue weighted by Crippen LogP contribution is -2.23. The molecule has 1 amide bonds. The topological polar surface area (TPSA) is 59.8 Å². The van der Waals surface area contributed by atoms with Crippen LogP contribution in [0.3, 0.4) is 0 Å². The van der Waals surface area contributed by atoms with Crippen molar-refractivity contribution in [2.75, 3.05) is 0 Å². The Morgan fingerprint density at radius 2 is 1.96 bits per heavy atom. The Labute approximate surface area is 175 Å². The van der Waals surface area contributed by atoms with E-state index >= 15 is 0 Å². The molecule has 0 saturated heterocycles. The van der Waals surface area contributed by atoms with E-state index in [9.17, 15) is 4.79 Å². The largest absolute Gasteiger partial charge is 0.347 e. The molecule has 142 valence electrons. The number of thiophene rings is 1. The first-order valence-corrected chi connectivity index (χ1v) is 10.7. The zero-order valence-corrected chi connectivity index (χ0v) is 17.4. The Morgan fingerprint density at radius 1 is 1.14 bits per heavy atom. The summed E-state index contributed by atoms with van der Waals surface area (Å²) < 4.78 is 2.58. The molecule has 0 unspecified atom stereocenters.